The van der Waals surface area contributed by atoms with Crippen LogP contribution in [-0.2, 0) is 9.53 Å². The average Bonchev–Trinajstić information content (AvgIpc) is 2.82. The number of aromatic nitrogens is 1. The molecule has 1 aliphatic heterocycles. The number of carboxylic acids is 1. The quantitative estimate of drug-likeness (QED) is 0.852. The van der Waals surface area contributed by atoms with Crippen molar-refractivity contribution in [3.8, 4) is 0 Å². The number of nitrogens with one attached hydrogen (secondary N) is 1. The van der Waals surface area contributed by atoms with Gasteiger partial charge in [0.05, 0.1) is 5.56 Å². The summed E-state index contributed by atoms with van der Waals surface area (Å²) in [5, 5.41) is 9.00. The summed E-state index contributed by atoms with van der Waals surface area (Å²) in [7, 11) is 0. The fourth-order valence-electron chi connectivity index (χ4n) is 2.35. The van der Waals surface area contributed by atoms with Gasteiger partial charge in [-0.1, -0.05) is 0 Å². The third-order valence-electron chi connectivity index (χ3n) is 3.38. The molecule has 1 fully saturated rings. The first kappa shape index (κ1) is 13.6. The first-order valence-corrected chi connectivity index (χ1v) is 6.34. The first-order chi connectivity index (χ1) is 9.09. The van der Waals surface area contributed by atoms with Crippen molar-refractivity contribution >= 4 is 11.9 Å². The van der Waals surface area contributed by atoms with Crippen LogP contribution in [0.5, 0.6) is 0 Å². The molecule has 19 heavy (non-hydrogen) atoms. The second kappa shape index (κ2) is 5.88. The lowest BCUT2D eigenvalue weighted by molar-refractivity contribution is -0.138. The topological polar surface area (TPSA) is 82.6 Å². The van der Waals surface area contributed by atoms with Gasteiger partial charge < -0.3 is 19.7 Å². The molecule has 2 N–H and O–H groups in total. The van der Waals surface area contributed by atoms with Gasteiger partial charge in [0.25, 0.3) is 5.91 Å². The Kier molecular flexibility index (Phi) is 4.21. The lowest BCUT2D eigenvalue weighted by Crippen LogP contribution is -2.46. The number of amides is 1. The Balaban J connectivity index is 2.19. The van der Waals surface area contributed by atoms with Crippen molar-refractivity contribution in [2.75, 3.05) is 19.8 Å². The number of carboxylic acid groups (broad SMARTS) is 1. The van der Waals surface area contributed by atoms with Crippen LogP contribution in [0.3, 0.4) is 0 Å². The van der Waals surface area contributed by atoms with Gasteiger partial charge in [0.2, 0.25) is 0 Å². The summed E-state index contributed by atoms with van der Waals surface area (Å²) in [5.41, 5.74) is 1.29. The Morgan fingerprint density at radius 2 is 2.16 bits per heavy atom. The summed E-state index contributed by atoms with van der Waals surface area (Å²) in [6.45, 7) is 2.67. The van der Waals surface area contributed by atoms with E-state index in [1.54, 1.807) is 19.2 Å². The molecule has 0 spiro atoms. The number of hydrogen-bond donors (Lipinski definition) is 2. The minimum Gasteiger partial charge on any atom is -0.480 e. The molecule has 0 saturated carbocycles. The van der Waals surface area contributed by atoms with E-state index in [4.69, 9.17) is 9.84 Å². The van der Waals surface area contributed by atoms with E-state index in [1.165, 1.54) is 4.90 Å². The molecule has 6 nitrogen and oxygen atoms in total. The van der Waals surface area contributed by atoms with Crippen molar-refractivity contribution in [3.05, 3.63) is 23.5 Å². The van der Waals surface area contributed by atoms with Crippen LogP contribution in [0.4, 0.5) is 0 Å². The Hall–Kier alpha value is -1.82. The van der Waals surface area contributed by atoms with Crippen molar-refractivity contribution in [3.63, 3.8) is 0 Å². The van der Waals surface area contributed by atoms with E-state index in [1.807, 2.05) is 0 Å². The number of aromatic amines is 1. The Labute approximate surface area is 111 Å². The largest absolute Gasteiger partial charge is 0.480 e. The van der Waals surface area contributed by atoms with Gasteiger partial charge in [-0.15, -0.1) is 0 Å². The summed E-state index contributed by atoms with van der Waals surface area (Å²) < 4.78 is 5.26. The molecule has 0 aliphatic carbocycles. The van der Waals surface area contributed by atoms with Gasteiger partial charge in [-0.2, -0.15) is 0 Å². The van der Waals surface area contributed by atoms with Crippen LogP contribution < -0.4 is 0 Å². The normalized spacial score (nSPS) is 16.3. The van der Waals surface area contributed by atoms with Gasteiger partial charge in [0.1, 0.15) is 6.54 Å². The fraction of sp³-hybridized carbons (Fsp3) is 0.538. The molecule has 0 radical (unpaired) electrons. The van der Waals surface area contributed by atoms with Crippen molar-refractivity contribution in [2.45, 2.75) is 25.8 Å². The Morgan fingerprint density at radius 1 is 1.47 bits per heavy atom. The van der Waals surface area contributed by atoms with Gasteiger partial charge in [0.15, 0.2) is 0 Å². The fourth-order valence-corrected chi connectivity index (χ4v) is 2.35. The van der Waals surface area contributed by atoms with E-state index in [-0.39, 0.29) is 18.5 Å². The van der Waals surface area contributed by atoms with Gasteiger partial charge in [0, 0.05) is 31.1 Å². The van der Waals surface area contributed by atoms with Crippen LogP contribution in [0.25, 0.3) is 0 Å². The second-order valence-corrected chi connectivity index (χ2v) is 4.69. The highest BCUT2D eigenvalue weighted by molar-refractivity contribution is 5.97. The number of rotatable bonds is 4. The molecule has 2 rings (SSSR count). The molecule has 104 valence electrons. The van der Waals surface area contributed by atoms with E-state index < -0.39 is 5.97 Å². The molecule has 2 heterocycles. The smallest absolute Gasteiger partial charge is 0.323 e. The predicted octanol–water partition coefficient (Wildman–Crippen LogP) is 1.03. The summed E-state index contributed by atoms with van der Waals surface area (Å²) in [4.78, 5) is 27.8. The summed E-state index contributed by atoms with van der Waals surface area (Å²) in [6, 6.07) is 1.62. The predicted molar refractivity (Wildman–Crippen MR) is 68.0 cm³/mol. The average molecular weight is 266 g/mol. The second-order valence-electron chi connectivity index (χ2n) is 4.69. The SMILES string of the molecule is Cc1[nH]ccc1C(=O)N(CC(=O)O)C1CCOCC1. The maximum Gasteiger partial charge on any atom is 0.323 e. The zero-order chi connectivity index (χ0) is 13.8. The van der Waals surface area contributed by atoms with Crippen molar-refractivity contribution < 1.29 is 19.4 Å². The highest BCUT2D eigenvalue weighted by Gasteiger charge is 2.29. The van der Waals surface area contributed by atoms with E-state index in [9.17, 15) is 9.59 Å². The van der Waals surface area contributed by atoms with Crippen LogP contribution in [0.15, 0.2) is 12.3 Å². The van der Waals surface area contributed by atoms with Crippen LogP contribution in [0.2, 0.25) is 0 Å². The molecule has 1 amide bonds. The Bertz CT molecular complexity index is 463. The van der Waals surface area contributed by atoms with Gasteiger partial charge in [-0.25, -0.2) is 0 Å². The number of carbonyl (C=O) groups excluding carboxylic acids is 1. The third-order valence-corrected chi connectivity index (χ3v) is 3.38. The van der Waals surface area contributed by atoms with Gasteiger partial charge in [-0.05, 0) is 25.8 Å². The van der Waals surface area contributed by atoms with Gasteiger partial charge in [-0.3, -0.25) is 9.59 Å². The minimum absolute atomic E-state index is 0.0633. The molecule has 6 heteroatoms. The molecule has 1 saturated heterocycles. The maximum absolute atomic E-state index is 12.5. The zero-order valence-corrected chi connectivity index (χ0v) is 10.9. The zero-order valence-electron chi connectivity index (χ0n) is 10.9. The highest BCUT2D eigenvalue weighted by Crippen LogP contribution is 2.18. The molecule has 1 aromatic heterocycles. The third kappa shape index (κ3) is 3.14. The van der Waals surface area contributed by atoms with E-state index in [0.29, 0.717) is 31.6 Å². The molecule has 0 aromatic carbocycles. The number of H-pyrrole nitrogens is 1. The summed E-state index contributed by atoms with van der Waals surface area (Å²) in [6.07, 6.45) is 3.05. The lowest BCUT2D eigenvalue weighted by Gasteiger charge is -2.33. The maximum atomic E-state index is 12.5. The molecular formula is C13H18N2O4. The number of aliphatic carboxylic acids is 1. The van der Waals surface area contributed by atoms with Crippen molar-refractivity contribution in [2.24, 2.45) is 0 Å². The number of nitrogens with zero attached hydrogens (tertiary/aromatic N) is 1. The van der Waals surface area contributed by atoms with E-state index >= 15 is 0 Å². The number of carbonyl (C=O) groups is 2. The lowest BCUT2D eigenvalue weighted by atomic mass is 10.1. The Morgan fingerprint density at radius 3 is 2.68 bits per heavy atom. The first-order valence-electron chi connectivity index (χ1n) is 6.34. The number of hydrogen-bond acceptors (Lipinski definition) is 3. The molecule has 0 bridgehead atoms. The number of ether oxygens (including phenoxy) is 1. The standard InChI is InChI=1S/C13H18N2O4/c1-9-11(2-5-14-9)13(18)15(8-12(16)17)10-3-6-19-7-4-10/h2,5,10,14H,3-4,6-8H2,1H3,(H,16,17). The molecule has 1 aromatic rings. The summed E-state index contributed by atoms with van der Waals surface area (Å²) >= 11 is 0. The minimum atomic E-state index is -0.993. The van der Waals surface area contributed by atoms with Crippen molar-refractivity contribution in [1.29, 1.82) is 0 Å². The number of aryl methyl sites for hydroxylation is 1. The molecule has 0 atom stereocenters. The summed E-state index contributed by atoms with van der Waals surface area (Å²) in [5.74, 6) is -1.22. The van der Waals surface area contributed by atoms with Crippen molar-refractivity contribution in [1.82, 2.24) is 9.88 Å². The van der Waals surface area contributed by atoms with E-state index in [2.05, 4.69) is 4.98 Å². The van der Waals surface area contributed by atoms with Crippen LogP contribution in [0.1, 0.15) is 28.9 Å². The molecule has 0 unspecified atom stereocenters. The van der Waals surface area contributed by atoms with Crippen LogP contribution >= 0.6 is 0 Å². The molecule has 1 aliphatic rings. The van der Waals surface area contributed by atoms with E-state index in [0.717, 1.165) is 5.69 Å². The van der Waals surface area contributed by atoms with Gasteiger partial charge >= 0.3 is 5.97 Å². The highest BCUT2D eigenvalue weighted by atomic mass is 16.5. The van der Waals surface area contributed by atoms with Crippen LogP contribution in [0, 0.1) is 6.92 Å². The van der Waals surface area contributed by atoms with Crippen LogP contribution in [-0.4, -0.2) is 52.7 Å². The molecular weight excluding hydrogens is 248 g/mol. The monoisotopic (exact) mass is 266 g/mol.